The number of hydrogen-bond acceptors (Lipinski definition) is 3. The second kappa shape index (κ2) is 4.23. The lowest BCUT2D eigenvalue weighted by Gasteiger charge is -2.04. The van der Waals surface area contributed by atoms with Crippen LogP contribution in [-0.2, 0) is 13.0 Å². The molecular weight excluding hydrogens is 190 g/mol. The number of aromatic nitrogens is 3. The molecule has 1 aromatic heterocycles. The van der Waals surface area contributed by atoms with Crippen molar-refractivity contribution in [2.45, 2.75) is 20.0 Å². The number of aliphatic hydroxyl groups excluding tert-OH is 1. The van der Waals surface area contributed by atoms with E-state index >= 15 is 0 Å². The Kier molecular flexibility index (Phi) is 2.78. The molecule has 1 aromatic carbocycles. The van der Waals surface area contributed by atoms with Crippen LogP contribution in [0.25, 0.3) is 5.69 Å². The van der Waals surface area contributed by atoms with Gasteiger partial charge in [-0.05, 0) is 18.6 Å². The Morgan fingerprint density at radius 1 is 1.27 bits per heavy atom. The topological polar surface area (TPSA) is 50.9 Å². The molecule has 0 aliphatic carbocycles. The number of hydrogen-bond donors (Lipinski definition) is 1. The lowest BCUT2D eigenvalue weighted by atomic mass is 10.2. The van der Waals surface area contributed by atoms with Crippen molar-refractivity contribution in [2.24, 2.45) is 0 Å². The first-order valence-electron chi connectivity index (χ1n) is 4.96. The summed E-state index contributed by atoms with van der Waals surface area (Å²) in [5.74, 6) is 0. The summed E-state index contributed by atoms with van der Waals surface area (Å²) in [5.41, 5.74) is 2.59. The highest BCUT2D eigenvalue weighted by Crippen LogP contribution is 2.13. The van der Waals surface area contributed by atoms with E-state index in [0.717, 1.165) is 17.8 Å². The minimum Gasteiger partial charge on any atom is -0.390 e. The molecule has 0 amide bonds. The first-order valence-corrected chi connectivity index (χ1v) is 4.96. The molecule has 15 heavy (non-hydrogen) atoms. The van der Waals surface area contributed by atoms with Crippen molar-refractivity contribution in [1.82, 2.24) is 15.0 Å². The van der Waals surface area contributed by atoms with Crippen LogP contribution in [0.4, 0.5) is 0 Å². The summed E-state index contributed by atoms with van der Waals surface area (Å²) in [5, 5.41) is 17.1. The highest BCUT2D eigenvalue weighted by molar-refractivity contribution is 5.33. The normalized spacial score (nSPS) is 10.5. The monoisotopic (exact) mass is 203 g/mol. The van der Waals surface area contributed by atoms with Gasteiger partial charge in [-0.15, -0.1) is 5.10 Å². The lowest BCUT2D eigenvalue weighted by molar-refractivity contribution is 0.275. The smallest absolute Gasteiger partial charge is 0.112 e. The van der Waals surface area contributed by atoms with Crippen molar-refractivity contribution in [1.29, 1.82) is 0 Å². The molecule has 0 radical (unpaired) electrons. The minimum atomic E-state index is -0.0595. The SMILES string of the molecule is CCc1c(CO)nnn1-c1ccccc1. The molecule has 1 N–H and O–H groups in total. The van der Waals surface area contributed by atoms with Crippen LogP contribution in [0.1, 0.15) is 18.3 Å². The van der Waals surface area contributed by atoms with Crippen LogP contribution in [0.15, 0.2) is 30.3 Å². The van der Waals surface area contributed by atoms with E-state index in [4.69, 9.17) is 5.11 Å². The van der Waals surface area contributed by atoms with Crippen LogP contribution < -0.4 is 0 Å². The van der Waals surface area contributed by atoms with Gasteiger partial charge in [0.2, 0.25) is 0 Å². The fourth-order valence-electron chi connectivity index (χ4n) is 1.59. The number of aliphatic hydroxyl groups is 1. The van der Waals surface area contributed by atoms with Crippen molar-refractivity contribution >= 4 is 0 Å². The zero-order chi connectivity index (χ0) is 10.7. The van der Waals surface area contributed by atoms with E-state index in [1.807, 2.05) is 37.3 Å². The van der Waals surface area contributed by atoms with E-state index in [9.17, 15) is 0 Å². The Labute approximate surface area is 88.2 Å². The Bertz CT molecular complexity index is 436. The van der Waals surface area contributed by atoms with Crippen molar-refractivity contribution < 1.29 is 5.11 Å². The maximum Gasteiger partial charge on any atom is 0.112 e. The van der Waals surface area contributed by atoms with Crippen LogP contribution in [-0.4, -0.2) is 20.1 Å². The first kappa shape index (κ1) is 9.86. The van der Waals surface area contributed by atoms with Gasteiger partial charge in [0.05, 0.1) is 18.0 Å². The Morgan fingerprint density at radius 2 is 2.00 bits per heavy atom. The maximum absolute atomic E-state index is 9.09. The van der Waals surface area contributed by atoms with E-state index in [1.165, 1.54) is 0 Å². The molecule has 0 atom stereocenters. The number of rotatable bonds is 3. The molecule has 0 saturated heterocycles. The van der Waals surface area contributed by atoms with Crippen molar-refractivity contribution in [3.05, 3.63) is 41.7 Å². The second-order valence-electron chi connectivity index (χ2n) is 3.24. The second-order valence-corrected chi connectivity index (χ2v) is 3.24. The van der Waals surface area contributed by atoms with Crippen molar-refractivity contribution in [3.63, 3.8) is 0 Å². The number of nitrogens with zero attached hydrogens (tertiary/aromatic N) is 3. The van der Waals surface area contributed by atoms with E-state index in [0.29, 0.717) is 5.69 Å². The maximum atomic E-state index is 9.09. The molecule has 0 saturated carbocycles. The first-order chi connectivity index (χ1) is 7.36. The number of para-hydroxylation sites is 1. The molecule has 4 heteroatoms. The van der Waals surface area contributed by atoms with Crippen LogP contribution in [0.3, 0.4) is 0 Å². The summed E-state index contributed by atoms with van der Waals surface area (Å²) in [6, 6.07) is 9.80. The third-order valence-corrected chi connectivity index (χ3v) is 2.33. The molecule has 0 aliphatic heterocycles. The van der Waals surface area contributed by atoms with Gasteiger partial charge in [0.15, 0.2) is 0 Å². The average Bonchev–Trinajstić information content (AvgIpc) is 2.72. The quantitative estimate of drug-likeness (QED) is 0.818. The van der Waals surface area contributed by atoms with Crippen molar-refractivity contribution in [2.75, 3.05) is 0 Å². The molecule has 2 rings (SSSR count). The Hall–Kier alpha value is -1.68. The minimum absolute atomic E-state index is 0.0595. The molecule has 0 unspecified atom stereocenters. The highest BCUT2D eigenvalue weighted by atomic mass is 16.3. The molecular formula is C11H13N3O. The molecule has 78 valence electrons. The van der Waals surface area contributed by atoms with Gasteiger partial charge < -0.3 is 5.11 Å². The summed E-state index contributed by atoms with van der Waals surface area (Å²) < 4.78 is 1.77. The van der Waals surface area contributed by atoms with E-state index in [-0.39, 0.29) is 6.61 Å². The van der Waals surface area contributed by atoms with Crippen LogP contribution in [0, 0.1) is 0 Å². The molecule has 0 aliphatic rings. The predicted molar refractivity (Wildman–Crippen MR) is 56.7 cm³/mol. The third-order valence-electron chi connectivity index (χ3n) is 2.33. The van der Waals surface area contributed by atoms with Gasteiger partial charge in [0, 0.05) is 0 Å². The lowest BCUT2D eigenvalue weighted by Crippen LogP contribution is -2.02. The van der Waals surface area contributed by atoms with Gasteiger partial charge in [0.1, 0.15) is 5.69 Å². The summed E-state index contributed by atoms with van der Waals surface area (Å²) in [6.07, 6.45) is 0.803. The summed E-state index contributed by atoms with van der Waals surface area (Å²) in [7, 11) is 0. The summed E-state index contributed by atoms with van der Waals surface area (Å²) in [4.78, 5) is 0. The molecule has 4 nitrogen and oxygen atoms in total. The zero-order valence-electron chi connectivity index (χ0n) is 8.59. The number of benzene rings is 1. The molecule has 0 fully saturated rings. The predicted octanol–water partition coefficient (Wildman–Crippen LogP) is 1.32. The van der Waals surface area contributed by atoms with Crippen molar-refractivity contribution in [3.8, 4) is 5.69 Å². The van der Waals surface area contributed by atoms with Gasteiger partial charge in [-0.1, -0.05) is 30.3 Å². The molecule has 1 heterocycles. The Balaban J connectivity index is 2.49. The standard InChI is InChI=1S/C11H13N3O/c1-2-11-10(8-15)12-13-14(11)9-6-4-3-5-7-9/h3-7,15H,2,8H2,1H3. The molecule has 2 aromatic rings. The average molecular weight is 203 g/mol. The zero-order valence-corrected chi connectivity index (χ0v) is 8.59. The van der Waals surface area contributed by atoms with E-state index in [1.54, 1.807) is 4.68 Å². The van der Waals surface area contributed by atoms with Gasteiger partial charge in [-0.2, -0.15) is 0 Å². The van der Waals surface area contributed by atoms with Crippen LogP contribution in [0.2, 0.25) is 0 Å². The van der Waals surface area contributed by atoms with Crippen LogP contribution >= 0.6 is 0 Å². The van der Waals surface area contributed by atoms with E-state index in [2.05, 4.69) is 10.3 Å². The van der Waals surface area contributed by atoms with Gasteiger partial charge in [-0.3, -0.25) is 0 Å². The van der Waals surface area contributed by atoms with Gasteiger partial charge in [0.25, 0.3) is 0 Å². The highest BCUT2D eigenvalue weighted by Gasteiger charge is 2.10. The Morgan fingerprint density at radius 3 is 2.60 bits per heavy atom. The molecule has 0 bridgehead atoms. The summed E-state index contributed by atoms with van der Waals surface area (Å²) >= 11 is 0. The fraction of sp³-hybridized carbons (Fsp3) is 0.273. The van der Waals surface area contributed by atoms with Crippen LogP contribution in [0.5, 0.6) is 0 Å². The molecule has 0 spiro atoms. The largest absolute Gasteiger partial charge is 0.390 e. The van der Waals surface area contributed by atoms with Gasteiger partial charge >= 0.3 is 0 Å². The van der Waals surface area contributed by atoms with Gasteiger partial charge in [-0.25, -0.2) is 4.68 Å². The fourth-order valence-corrected chi connectivity index (χ4v) is 1.59. The van der Waals surface area contributed by atoms with E-state index < -0.39 is 0 Å². The third kappa shape index (κ3) is 1.76. The summed E-state index contributed by atoms with van der Waals surface area (Å²) in [6.45, 7) is 1.97.